The summed E-state index contributed by atoms with van der Waals surface area (Å²) >= 11 is 7.88. The molecule has 0 aliphatic rings. The second kappa shape index (κ2) is 13.8. The summed E-state index contributed by atoms with van der Waals surface area (Å²) in [7, 11) is 0. The highest BCUT2D eigenvalue weighted by Crippen LogP contribution is 2.19. The normalized spacial score (nSPS) is 14.3. The Labute approximate surface area is 217 Å². The highest BCUT2D eigenvalue weighted by molar-refractivity contribution is 7.80. The molecule has 14 heteroatoms. The van der Waals surface area contributed by atoms with Crippen molar-refractivity contribution in [1.29, 1.82) is 0 Å². The number of carbonyl (C=O) groups is 5. The molecule has 4 atom stereocenters. The van der Waals surface area contributed by atoms with E-state index in [1.54, 1.807) is 12.3 Å². The predicted molar refractivity (Wildman–Crippen MR) is 138 cm³/mol. The van der Waals surface area contributed by atoms with Crippen LogP contribution in [0.3, 0.4) is 0 Å². The van der Waals surface area contributed by atoms with Gasteiger partial charge in [-0.25, -0.2) is 4.79 Å². The van der Waals surface area contributed by atoms with E-state index in [4.69, 9.17) is 10.8 Å². The van der Waals surface area contributed by atoms with E-state index >= 15 is 0 Å². The maximum absolute atomic E-state index is 13.1. The van der Waals surface area contributed by atoms with E-state index in [1.807, 2.05) is 18.2 Å². The maximum Gasteiger partial charge on any atom is 0.327 e. The lowest BCUT2D eigenvalue weighted by molar-refractivity contribution is -0.141. The largest absolute Gasteiger partial charge is 0.481 e. The minimum atomic E-state index is -1.31. The highest BCUT2D eigenvalue weighted by Gasteiger charge is 2.30. The molecule has 0 spiro atoms. The van der Waals surface area contributed by atoms with Gasteiger partial charge >= 0.3 is 11.9 Å². The lowest BCUT2D eigenvalue weighted by Gasteiger charge is -2.24. The average molecular weight is 540 g/mol. The van der Waals surface area contributed by atoms with Crippen molar-refractivity contribution in [2.75, 3.05) is 11.5 Å². The molecule has 196 valence electrons. The van der Waals surface area contributed by atoms with Gasteiger partial charge in [0.2, 0.25) is 17.7 Å². The van der Waals surface area contributed by atoms with Crippen molar-refractivity contribution in [1.82, 2.24) is 20.9 Å². The summed E-state index contributed by atoms with van der Waals surface area (Å²) in [6.07, 6.45) is 0.951. The van der Waals surface area contributed by atoms with Crippen LogP contribution in [-0.4, -0.2) is 80.5 Å². The van der Waals surface area contributed by atoms with Crippen LogP contribution in [-0.2, 0) is 30.4 Å². The van der Waals surface area contributed by atoms with E-state index in [1.165, 1.54) is 0 Å². The lowest BCUT2D eigenvalue weighted by atomic mass is 10.0. The van der Waals surface area contributed by atoms with E-state index in [-0.39, 0.29) is 24.3 Å². The van der Waals surface area contributed by atoms with Crippen LogP contribution in [0, 0.1) is 0 Å². The van der Waals surface area contributed by atoms with E-state index in [0.717, 1.165) is 10.9 Å². The van der Waals surface area contributed by atoms with Crippen molar-refractivity contribution < 1.29 is 34.2 Å². The first kappa shape index (κ1) is 29.0. The number of para-hydroxylation sites is 1. The molecule has 2 rings (SSSR count). The topological polar surface area (TPSA) is 204 Å². The number of carboxylic acid groups (broad SMARTS) is 2. The number of aromatic nitrogens is 1. The molecule has 8 N–H and O–H groups in total. The van der Waals surface area contributed by atoms with Crippen molar-refractivity contribution in [3.63, 3.8) is 0 Å². The van der Waals surface area contributed by atoms with Gasteiger partial charge in [0.25, 0.3) is 0 Å². The summed E-state index contributed by atoms with van der Waals surface area (Å²) in [5.74, 6) is -5.01. The molecule has 2 aromatic rings. The molecule has 0 saturated heterocycles. The fourth-order valence-electron chi connectivity index (χ4n) is 3.36. The highest BCUT2D eigenvalue weighted by atomic mass is 32.1. The van der Waals surface area contributed by atoms with E-state index in [9.17, 15) is 29.1 Å². The smallest absolute Gasteiger partial charge is 0.327 e. The summed E-state index contributed by atoms with van der Waals surface area (Å²) in [6.45, 7) is 0. The fourth-order valence-corrected chi connectivity index (χ4v) is 3.77. The first-order valence-electron chi connectivity index (χ1n) is 10.9. The number of H-pyrrole nitrogens is 1. The summed E-state index contributed by atoms with van der Waals surface area (Å²) < 4.78 is 0. The SMILES string of the molecule is NC(CS)C(=O)NC(CCC(=O)O)C(=O)NC(Cc1c[nH]c2ccccc12)C(=O)NC(CS)C(=O)O. The number of hydrogen-bond donors (Lipinski definition) is 9. The Hall–Kier alpha value is -3.23. The molecule has 1 aromatic heterocycles. The van der Waals surface area contributed by atoms with Gasteiger partial charge in [-0.1, -0.05) is 18.2 Å². The zero-order valence-electron chi connectivity index (χ0n) is 19.1. The van der Waals surface area contributed by atoms with Gasteiger partial charge in [0.1, 0.15) is 18.1 Å². The molecule has 0 bridgehead atoms. The molecule has 36 heavy (non-hydrogen) atoms. The summed E-state index contributed by atoms with van der Waals surface area (Å²) in [5.41, 5.74) is 7.11. The van der Waals surface area contributed by atoms with Gasteiger partial charge in [-0.05, 0) is 18.1 Å². The second-order valence-corrected chi connectivity index (χ2v) is 8.72. The summed E-state index contributed by atoms with van der Waals surface area (Å²) in [6, 6.07) is 2.38. The standard InChI is InChI=1S/C22H29N5O7S2/c23-13(9-35)19(30)25-15(5-6-18(28)29)20(31)26-16(21(32)27-17(10-36)22(33)34)7-11-8-24-14-4-2-1-3-12(11)14/h1-4,8,13,15-17,24,35-36H,5-7,9-10,23H2,(H,25,30)(H,26,31)(H,27,32)(H,28,29)(H,33,34). The van der Waals surface area contributed by atoms with Crippen molar-refractivity contribution in [2.24, 2.45) is 5.73 Å². The molecule has 0 aliphatic heterocycles. The van der Waals surface area contributed by atoms with Crippen molar-refractivity contribution >= 4 is 65.8 Å². The molecule has 1 aromatic carbocycles. The molecule has 3 amide bonds. The van der Waals surface area contributed by atoms with Gasteiger partial charge in [-0.15, -0.1) is 0 Å². The number of nitrogens with two attached hydrogens (primary N) is 1. The van der Waals surface area contributed by atoms with Gasteiger partial charge in [0, 0.05) is 41.4 Å². The van der Waals surface area contributed by atoms with Crippen LogP contribution in [0.1, 0.15) is 18.4 Å². The van der Waals surface area contributed by atoms with Crippen LogP contribution >= 0.6 is 25.3 Å². The van der Waals surface area contributed by atoms with Crippen molar-refractivity contribution in [2.45, 2.75) is 43.4 Å². The van der Waals surface area contributed by atoms with Gasteiger partial charge < -0.3 is 36.9 Å². The number of rotatable bonds is 14. The second-order valence-electron chi connectivity index (χ2n) is 7.99. The number of aromatic amines is 1. The molecule has 0 aliphatic carbocycles. The van der Waals surface area contributed by atoms with Gasteiger partial charge in [0.05, 0.1) is 6.04 Å². The van der Waals surface area contributed by atoms with Crippen molar-refractivity contribution in [3.05, 3.63) is 36.0 Å². The molecule has 4 unspecified atom stereocenters. The third-order valence-electron chi connectivity index (χ3n) is 5.34. The average Bonchev–Trinajstić information content (AvgIpc) is 3.26. The number of thiol groups is 2. The van der Waals surface area contributed by atoms with Crippen LogP contribution < -0.4 is 21.7 Å². The maximum atomic E-state index is 13.1. The molecular weight excluding hydrogens is 510 g/mol. The molecule has 0 radical (unpaired) electrons. The predicted octanol–water partition coefficient (Wildman–Crippen LogP) is -0.699. The Balaban J connectivity index is 2.31. The Morgan fingerprint density at radius 1 is 0.889 bits per heavy atom. The van der Waals surface area contributed by atoms with Crippen LogP contribution in [0.4, 0.5) is 0 Å². The Morgan fingerprint density at radius 3 is 2.11 bits per heavy atom. The van der Waals surface area contributed by atoms with E-state index in [2.05, 4.69) is 46.2 Å². The Kier molecular flexibility index (Phi) is 11.1. The minimum Gasteiger partial charge on any atom is -0.481 e. The summed E-state index contributed by atoms with van der Waals surface area (Å²) in [5, 5.41) is 26.4. The molecule has 12 nitrogen and oxygen atoms in total. The Morgan fingerprint density at radius 2 is 1.50 bits per heavy atom. The van der Waals surface area contributed by atoms with Gasteiger partial charge in [-0.3, -0.25) is 19.2 Å². The van der Waals surface area contributed by atoms with Crippen LogP contribution in [0.2, 0.25) is 0 Å². The van der Waals surface area contributed by atoms with Crippen molar-refractivity contribution in [3.8, 4) is 0 Å². The molecule has 0 fully saturated rings. The molecule has 0 saturated carbocycles. The fraction of sp³-hybridized carbons (Fsp3) is 0.409. The van der Waals surface area contributed by atoms with E-state index in [0.29, 0.717) is 5.56 Å². The lowest BCUT2D eigenvalue weighted by Crippen LogP contribution is -2.58. The number of amides is 3. The third-order valence-corrected chi connectivity index (χ3v) is 6.10. The first-order valence-corrected chi connectivity index (χ1v) is 12.2. The third kappa shape index (κ3) is 8.17. The number of benzene rings is 1. The quantitative estimate of drug-likeness (QED) is 0.140. The first-order chi connectivity index (χ1) is 17.1. The number of fused-ring (bicyclic) bond motifs is 1. The number of aliphatic carboxylic acids is 2. The monoisotopic (exact) mass is 539 g/mol. The summed E-state index contributed by atoms with van der Waals surface area (Å²) in [4.78, 5) is 63.9. The van der Waals surface area contributed by atoms with Gasteiger partial charge in [0.15, 0.2) is 0 Å². The zero-order chi connectivity index (χ0) is 26.8. The van der Waals surface area contributed by atoms with E-state index < -0.39 is 60.2 Å². The molecule has 1 heterocycles. The zero-order valence-corrected chi connectivity index (χ0v) is 20.9. The van der Waals surface area contributed by atoms with Gasteiger partial charge in [-0.2, -0.15) is 25.3 Å². The minimum absolute atomic E-state index is 0.00893. The van der Waals surface area contributed by atoms with Crippen LogP contribution in [0.25, 0.3) is 10.9 Å². The molecular formula is C22H29N5O7S2. The number of hydrogen-bond acceptors (Lipinski definition) is 8. The van der Waals surface area contributed by atoms with Crippen LogP contribution in [0.15, 0.2) is 30.5 Å². The number of carboxylic acids is 2. The number of carbonyl (C=O) groups excluding carboxylic acids is 3. The Bertz CT molecular complexity index is 1110. The van der Waals surface area contributed by atoms with Crippen LogP contribution in [0.5, 0.6) is 0 Å². The number of nitrogens with one attached hydrogen (secondary N) is 4.